The van der Waals surface area contributed by atoms with Crippen molar-refractivity contribution < 1.29 is 21.6 Å². The summed E-state index contributed by atoms with van der Waals surface area (Å²) in [6, 6.07) is 17.4. The van der Waals surface area contributed by atoms with Crippen LogP contribution in [0.3, 0.4) is 0 Å². The van der Waals surface area contributed by atoms with Crippen LogP contribution in [0.15, 0.2) is 76.5 Å². The molecule has 1 amide bonds. The van der Waals surface area contributed by atoms with Crippen LogP contribution in [0.5, 0.6) is 0 Å². The van der Waals surface area contributed by atoms with Crippen LogP contribution in [0.4, 0.5) is 0 Å². The Hall–Kier alpha value is -3.05. The maximum atomic E-state index is 13.3. The van der Waals surface area contributed by atoms with E-state index in [9.17, 15) is 21.6 Å². The fourth-order valence-electron chi connectivity index (χ4n) is 3.98. The quantitative estimate of drug-likeness (QED) is 0.402. The molecule has 35 heavy (non-hydrogen) atoms. The van der Waals surface area contributed by atoms with E-state index in [0.717, 1.165) is 11.1 Å². The maximum Gasteiger partial charge on any atom is 0.241 e. The molecule has 0 saturated carbocycles. The van der Waals surface area contributed by atoms with Gasteiger partial charge >= 0.3 is 0 Å². The van der Waals surface area contributed by atoms with Crippen LogP contribution in [0.2, 0.25) is 0 Å². The van der Waals surface area contributed by atoms with Crippen LogP contribution < -0.4 is 15.2 Å². The van der Waals surface area contributed by atoms with E-state index in [1.54, 1.807) is 26.0 Å². The molecule has 3 aromatic rings. The van der Waals surface area contributed by atoms with Gasteiger partial charge in [0.2, 0.25) is 26.0 Å². The fraction of sp³-hybridized carbons (Fsp3) is 0.240. The zero-order chi connectivity index (χ0) is 25.8. The van der Waals surface area contributed by atoms with E-state index >= 15 is 0 Å². The largest absolute Gasteiger partial charge is 0.351 e. The third-order valence-electron chi connectivity index (χ3n) is 5.49. The molecule has 0 aromatic heterocycles. The summed E-state index contributed by atoms with van der Waals surface area (Å²) in [5.74, 6) is -0.504. The Morgan fingerprint density at radius 3 is 1.97 bits per heavy atom. The maximum absolute atomic E-state index is 13.3. The molecule has 10 heteroatoms. The summed E-state index contributed by atoms with van der Waals surface area (Å²) in [6.45, 7) is 5.43. The lowest BCUT2D eigenvalue weighted by atomic mass is 10.1. The van der Waals surface area contributed by atoms with E-state index in [4.69, 9.17) is 5.14 Å². The van der Waals surface area contributed by atoms with Crippen molar-refractivity contribution in [2.45, 2.75) is 49.6 Å². The SMILES string of the molecule is Cc1cc(C)c(S(=O)(=O)NC(Cc2ccccc2)C(=O)NCc2ccc(S(N)(=O)=O)cc2)c(C)c1. The molecule has 0 bridgehead atoms. The first-order chi connectivity index (χ1) is 16.4. The molecule has 1 unspecified atom stereocenters. The van der Waals surface area contributed by atoms with Crippen molar-refractivity contribution >= 4 is 26.0 Å². The number of carbonyl (C=O) groups is 1. The van der Waals surface area contributed by atoms with Gasteiger partial charge in [0, 0.05) is 6.54 Å². The number of nitrogens with one attached hydrogen (secondary N) is 2. The average molecular weight is 516 g/mol. The van der Waals surface area contributed by atoms with Crippen LogP contribution in [0.25, 0.3) is 0 Å². The molecule has 0 radical (unpaired) electrons. The van der Waals surface area contributed by atoms with Crippen LogP contribution in [0.1, 0.15) is 27.8 Å². The average Bonchev–Trinajstić information content (AvgIpc) is 2.76. The predicted molar refractivity (Wildman–Crippen MR) is 135 cm³/mol. The molecule has 0 aliphatic carbocycles. The molecule has 0 saturated heterocycles. The highest BCUT2D eigenvalue weighted by atomic mass is 32.2. The fourth-order valence-corrected chi connectivity index (χ4v) is 6.15. The molecule has 8 nitrogen and oxygen atoms in total. The van der Waals surface area contributed by atoms with Gasteiger partial charge in [0.1, 0.15) is 6.04 Å². The zero-order valence-electron chi connectivity index (χ0n) is 19.8. The minimum Gasteiger partial charge on any atom is -0.351 e. The molecule has 0 spiro atoms. The molecule has 4 N–H and O–H groups in total. The summed E-state index contributed by atoms with van der Waals surface area (Å²) in [6.07, 6.45) is 0.153. The molecular weight excluding hydrogens is 486 g/mol. The van der Waals surface area contributed by atoms with Crippen LogP contribution in [0, 0.1) is 20.8 Å². The second-order valence-electron chi connectivity index (χ2n) is 8.50. The van der Waals surface area contributed by atoms with E-state index in [1.807, 2.05) is 37.3 Å². The van der Waals surface area contributed by atoms with E-state index in [1.165, 1.54) is 24.3 Å². The van der Waals surface area contributed by atoms with E-state index in [0.29, 0.717) is 16.7 Å². The summed E-state index contributed by atoms with van der Waals surface area (Å²) >= 11 is 0. The first-order valence-corrected chi connectivity index (χ1v) is 13.9. The zero-order valence-corrected chi connectivity index (χ0v) is 21.4. The minimum absolute atomic E-state index is 0.0360. The Labute approximate surface area is 206 Å². The Morgan fingerprint density at radius 1 is 0.857 bits per heavy atom. The third-order valence-corrected chi connectivity index (χ3v) is 8.19. The minimum atomic E-state index is -4.00. The van der Waals surface area contributed by atoms with Gasteiger partial charge < -0.3 is 5.32 Å². The lowest BCUT2D eigenvalue weighted by Gasteiger charge is -2.21. The van der Waals surface area contributed by atoms with Crippen molar-refractivity contribution in [2.24, 2.45) is 5.14 Å². The summed E-state index contributed by atoms with van der Waals surface area (Å²) < 4.78 is 52.1. The summed E-state index contributed by atoms with van der Waals surface area (Å²) in [7, 11) is -7.82. The summed E-state index contributed by atoms with van der Waals surface area (Å²) in [4.78, 5) is 13.2. The Bertz CT molecular complexity index is 1400. The van der Waals surface area contributed by atoms with Crippen molar-refractivity contribution in [3.63, 3.8) is 0 Å². The number of rotatable bonds is 9. The van der Waals surface area contributed by atoms with E-state index < -0.39 is 32.0 Å². The van der Waals surface area contributed by atoms with Gasteiger partial charge in [-0.25, -0.2) is 22.0 Å². The van der Waals surface area contributed by atoms with E-state index in [2.05, 4.69) is 10.0 Å². The van der Waals surface area contributed by atoms with Crippen molar-refractivity contribution in [2.75, 3.05) is 0 Å². The Morgan fingerprint density at radius 2 is 1.43 bits per heavy atom. The smallest absolute Gasteiger partial charge is 0.241 e. The summed E-state index contributed by atoms with van der Waals surface area (Å²) in [5, 5.41) is 7.86. The van der Waals surface area contributed by atoms with Gasteiger partial charge in [-0.3, -0.25) is 4.79 Å². The number of carbonyl (C=O) groups excluding carboxylic acids is 1. The molecule has 3 aromatic carbocycles. The third kappa shape index (κ3) is 6.98. The second-order valence-corrected chi connectivity index (χ2v) is 11.7. The lowest BCUT2D eigenvalue weighted by Crippen LogP contribution is -2.48. The van der Waals surface area contributed by atoms with E-state index in [-0.39, 0.29) is 22.8 Å². The number of benzene rings is 3. The number of amides is 1. The highest BCUT2D eigenvalue weighted by molar-refractivity contribution is 7.89. The molecule has 0 heterocycles. The number of hydrogen-bond donors (Lipinski definition) is 3. The van der Waals surface area contributed by atoms with Gasteiger partial charge in [0.15, 0.2) is 0 Å². The number of aryl methyl sites for hydroxylation is 3. The van der Waals surface area contributed by atoms with Gasteiger partial charge in [-0.05, 0) is 61.6 Å². The summed E-state index contributed by atoms with van der Waals surface area (Å²) in [5.41, 5.74) is 3.58. The van der Waals surface area contributed by atoms with Crippen molar-refractivity contribution in [3.05, 3.63) is 94.5 Å². The normalized spacial score (nSPS) is 12.8. The topological polar surface area (TPSA) is 135 Å². The van der Waals surface area contributed by atoms with Gasteiger partial charge in [-0.1, -0.05) is 60.2 Å². The van der Waals surface area contributed by atoms with Gasteiger partial charge in [0.05, 0.1) is 9.79 Å². The molecule has 0 aliphatic rings. The van der Waals surface area contributed by atoms with Crippen molar-refractivity contribution in [3.8, 4) is 0 Å². The number of primary sulfonamides is 1. The molecule has 1 atom stereocenters. The standard InChI is InChI=1S/C25H29N3O5S2/c1-17-13-18(2)24(19(3)14-17)35(32,33)28-23(15-20-7-5-4-6-8-20)25(29)27-16-21-9-11-22(12-10-21)34(26,30)31/h4-14,23,28H,15-16H2,1-3H3,(H,27,29)(H2,26,30,31). The highest BCUT2D eigenvalue weighted by Crippen LogP contribution is 2.22. The molecule has 3 rings (SSSR count). The van der Waals surface area contributed by atoms with Crippen LogP contribution in [-0.4, -0.2) is 28.8 Å². The first kappa shape index (κ1) is 26.6. The number of sulfonamides is 2. The highest BCUT2D eigenvalue weighted by Gasteiger charge is 2.28. The van der Waals surface area contributed by atoms with Gasteiger partial charge in [-0.15, -0.1) is 0 Å². The predicted octanol–water partition coefficient (Wildman–Crippen LogP) is 2.47. The van der Waals surface area contributed by atoms with Gasteiger partial charge in [0.25, 0.3) is 0 Å². The second kappa shape index (κ2) is 10.7. The Kier molecular flexibility index (Phi) is 8.11. The molecular formula is C25H29N3O5S2. The molecule has 0 fully saturated rings. The number of nitrogens with two attached hydrogens (primary N) is 1. The van der Waals surface area contributed by atoms with Gasteiger partial charge in [-0.2, -0.15) is 4.72 Å². The Balaban J connectivity index is 1.83. The van der Waals surface area contributed by atoms with Crippen LogP contribution >= 0.6 is 0 Å². The van der Waals surface area contributed by atoms with Crippen molar-refractivity contribution in [1.29, 1.82) is 0 Å². The van der Waals surface area contributed by atoms with Crippen molar-refractivity contribution in [1.82, 2.24) is 10.0 Å². The first-order valence-electron chi connectivity index (χ1n) is 10.9. The molecule has 0 aliphatic heterocycles. The van der Waals surface area contributed by atoms with Crippen LogP contribution in [-0.2, 0) is 37.8 Å². The lowest BCUT2D eigenvalue weighted by molar-refractivity contribution is -0.122. The molecule has 186 valence electrons. The number of hydrogen-bond acceptors (Lipinski definition) is 5. The monoisotopic (exact) mass is 515 g/mol.